The van der Waals surface area contributed by atoms with Crippen LogP contribution in [0.1, 0.15) is 32.8 Å². The van der Waals surface area contributed by atoms with Gasteiger partial charge in [-0.3, -0.25) is 4.79 Å². The van der Waals surface area contributed by atoms with Crippen molar-refractivity contribution in [1.82, 2.24) is 9.97 Å². The first kappa shape index (κ1) is 15.1. The van der Waals surface area contributed by atoms with Crippen molar-refractivity contribution in [2.45, 2.75) is 39.7 Å². The van der Waals surface area contributed by atoms with Gasteiger partial charge in [0.25, 0.3) is 5.56 Å². The van der Waals surface area contributed by atoms with Gasteiger partial charge in [-0.15, -0.1) is 0 Å². The zero-order valence-electron chi connectivity index (χ0n) is 12.5. The van der Waals surface area contributed by atoms with E-state index < -0.39 is 0 Å². The third-order valence-corrected chi connectivity index (χ3v) is 2.99. The SMILES string of the molecule is CCCc1c(O)nc(-c2ccc(OC(C)C)cc2)[nH]c1=O. The van der Waals surface area contributed by atoms with Crippen LogP contribution in [0.3, 0.4) is 0 Å². The lowest BCUT2D eigenvalue weighted by molar-refractivity contribution is 0.242. The molecule has 0 bridgehead atoms. The van der Waals surface area contributed by atoms with Crippen LogP contribution in [0.4, 0.5) is 0 Å². The summed E-state index contributed by atoms with van der Waals surface area (Å²) in [5.74, 6) is 0.912. The first-order valence-corrected chi connectivity index (χ1v) is 7.10. The molecule has 0 aliphatic heterocycles. The van der Waals surface area contributed by atoms with E-state index in [2.05, 4.69) is 9.97 Å². The predicted molar refractivity (Wildman–Crippen MR) is 81.7 cm³/mol. The van der Waals surface area contributed by atoms with Gasteiger partial charge >= 0.3 is 0 Å². The summed E-state index contributed by atoms with van der Waals surface area (Å²) in [6.07, 6.45) is 1.39. The number of ether oxygens (including phenoxy) is 1. The molecule has 0 fully saturated rings. The highest BCUT2D eigenvalue weighted by Crippen LogP contribution is 2.21. The fourth-order valence-corrected chi connectivity index (χ4v) is 2.06. The first-order chi connectivity index (χ1) is 10.0. The normalized spacial score (nSPS) is 10.9. The van der Waals surface area contributed by atoms with E-state index in [0.29, 0.717) is 17.8 Å². The number of benzene rings is 1. The molecule has 5 heteroatoms. The summed E-state index contributed by atoms with van der Waals surface area (Å²) in [6.45, 7) is 5.86. The monoisotopic (exact) mass is 288 g/mol. The van der Waals surface area contributed by atoms with E-state index in [1.165, 1.54) is 0 Å². The van der Waals surface area contributed by atoms with Gasteiger partial charge in [0.15, 0.2) is 0 Å². The Labute approximate surface area is 123 Å². The van der Waals surface area contributed by atoms with Crippen molar-refractivity contribution >= 4 is 0 Å². The molecular weight excluding hydrogens is 268 g/mol. The Morgan fingerprint density at radius 3 is 2.48 bits per heavy atom. The van der Waals surface area contributed by atoms with Crippen molar-refractivity contribution < 1.29 is 9.84 Å². The Bertz CT molecular complexity index is 660. The number of rotatable bonds is 5. The molecule has 2 aromatic rings. The van der Waals surface area contributed by atoms with Crippen LogP contribution in [-0.2, 0) is 6.42 Å². The number of aromatic amines is 1. The molecule has 0 aliphatic carbocycles. The number of hydrogen-bond donors (Lipinski definition) is 2. The third-order valence-electron chi connectivity index (χ3n) is 2.99. The maximum Gasteiger partial charge on any atom is 0.258 e. The summed E-state index contributed by atoms with van der Waals surface area (Å²) in [7, 11) is 0. The van der Waals surface area contributed by atoms with Crippen LogP contribution in [0.15, 0.2) is 29.1 Å². The zero-order valence-corrected chi connectivity index (χ0v) is 12.5. The fourth-order valence-electron chi connectivity index (χ4n) is 2.06. The molecule has 0 atom stereocenters. The quantitative estimate of drug-likeness (QED) is 0.887. The average molecular weight is 288 g/mol. The van der Waals surface area contributed by atoms with Crippen molar-refractivity contribution in [1.29, 1.82) is 0 Å². The number of nitrogens with zero attached hydrogens (tertiary/aromatic N) is 1. The van der Waals surface area contributed by atoms with Crippen LogP contribution >= 0.6 is 0 Å². The van der Waals surface area contributed by atoms with Crippen molar-refractivity contribution in [3.8, 4) is 23.0 Å². The van der Waals surface area contributed by atoms with E-state index >= 15 is 0 Å². The Kier molecular flexibility index (Phi) is 4.62. The van der Waals surface area contributed by atoms with E-state index in [0.717, 1.165) is 17.7 Å². The summed E-state index contributed by atoms with van der Waals surface area (Å²) in [4.78, 5) is 18.7. The highest BCUT2D eigenvalue weighted by molar-refractivity contribution is 5.56. The topological polar surface area (TPSA) is 75.2 Å². The Morgan fingerprint density at radius 2 is 1.95 bits per heavy atom. The van der Waals surface area contributed by atoms with Gasteiger partial charge in [-0.25, -0.2) is 0 Å². The largest absolute Gasteiger partial charge is 0.493 e. The maximum atomic E-state index is 12.0. The molecule has 1 heterocycles. The van der Waals surface area contributed by atoms with Crippen LogP contribution < -0.4 is 10.3 Å². The van der Waals surface area contributed by atoms with Crippen LogP contribution in [0, 0.1) is 0 Å². The van der Waals surface area contributed by atoms with Gasteiger partial charge in [0.05, 0.1) is 11.7 Å². The Balaban J connectivity index is 2.32. The summed E-state index contributed by atoms with van der Waals surface area (Å²) < 4.78 is 5.56. The van der Waals surface area contributed by atoms with Crippen molar-refractivity contribution in [2.24, 2.45) is 0 Å². The number of hydrogen-bond acceptors (Lipinski definition) is 4. The van der Waals surface area contributed by atoms with E-state index in [1.54, 1.807) is 12.1 Å². The van der Waals surface area contributed by atoms with E-state index in [1.807, 2.05) is 32.9 Å². The Morgan fingerprint density at radius 1 is 1.29 bits per heavy atom. The highest BCUT2D eigenvalue weighted by atomic mass is 16.5. The highest BCUT2D eigenvalue weighted by Gasteiger charge is 2.11. The van der Waals surface area contributed by atoms with Crippen molar-refractivity contribution in [2.75, 3.05) is 0 Å². The van der Waals surface area contributed by atoms with Gasteiger partial charge in [0.1, 0.15) is 11.6 Å². The predicted octanol–water partition coefficient (Wildman–Crippen LogP) is 2.88. The molecule has 2 rings (SSSR count). The molecule has 0 saturated carbocycles. The van der Waals surface area contributed by atoms with Crippen LogP contribution in [0.5, 0.6) is 11.6 Å². The molecule has 0 amide bonds. The minimum atomic E-state index is -0.290. The zero-order chi connectivity index (χ0) is 15.4. The lowest BCUT2D eigenvalue weighted by Gasteiger charge is -2.10. The molecule has 2 N–H and O–H groups in total. The molecule has 1 aromatic carbocycles. The third kappa shape index (κ3) is 3.62. The van der Waals surface area contributed by atoms with Gasteiger partial charge in [0.2, 0.25) is 5.88 Å². The smallest absolute Gasteiger partial charge is 0.258 e. The summed E-state index contributed by atoms with van der Waals surface area (Å²) in [6, 6.07) is 7.22. The molecule has 0 saturated heterocycles. The number of aromatic hydroxyl groups is 1. The van der Waals surface area contributed by atoms with Crippen LogP contribution in [0.25, 0.3) is 11.4 Å². The average Bonchev–Trinajstić information content (AvgIpc) is 2.43. The minimum absolute atomic E-state index is 0.103. The number of aromatic nitrogens is 2. The molecule has 0 aliphatic rings. The summed E-state index contributed by atoms with van der Waals surface area (Å²) in [5.41, 5.74) is 0.768. The number of nitrogens with one attached hydrogen (secondary N) is 1. The van der Waals surface area contributed by atoms with Gasteiger partial charge in [-0.1, -0.05) is 13.3 Å². The van der Waals surface area contributed by atoms with E-state index in [-0.39, 0.29) is 17.5 Å². The molecule has 0 spiro atoms. The molecule has 112 valence electrons. The second-order valence-corrected chi connectivity index (χ2v) is 5.16. The molecule has 5 nitrogen and oxygen atoms in total. The van der Waals surface area contributed by atoms with Crippen LogP contribution in [-0.4, -0.2) is 21.2 Å². The van der Waals surface area contributed by atoms with Crippen LogP contribution in [0.2, 0.25) is 0 Å². The lowest BCUT2D eigenvalue weighted by atomic mass is 10.1. The molecule has 0 unspecified atom stereocenters. The molecule has 21 heavy (non-hydrogen) atoms. The fraction of sp³-hybridized carbons (Fsp3) is 0.375. The van der Waals surface area contributed by atoms with Gasteiger partial charge < -0.3 is 14.8 Å². The summed E-state index contributed by atoms with van der Waals surface area (Å²) >= 11 is 0. The van der Waals surface area contributed by atoms with Gasteiger partial charge in [-0.2, -0.15) is 4.98 Å². The van der Waals surface area contributed by atoms with Gasteiger partial charge in [-0.05, 0) is 44.5 Å². The van der Waals surface area contributed by atoms with E-state index in [9.17, 15) is 9.90 Å². The lowest BCUT2D eigenvalue weighted by Crippen LogP contribution is -2.15. The minimum Gasteiger partial charge on any atom is -0.493 e. The second-order valence-electron chi connectivity index (χ2n) is 5.16. The van der Waals surface area contributed by atoms with E-state index in [4.69, 9.17) is 4.74 Å². The second kappa shape index (κ2) is 6.43. The van der Waals surface area contributed by atoms with Crippen molar-refractivity contribution in [3.05, 3.63) is 40.2 Å². The standard InChI is InChI=1S/C16H20N2O3/c1-4-5-13-15(19)17-14(18-16(13)20)11-6-8-12(9-7-11)21-10(2)3/h6-10H,4-5H2,1-3H3,(H2,17,18,19,20). The molecule has 1 aromatic heterocycles. The molecular formula is C16H20N2O3. The maximum absolute atomic E-state index is 12.0. The molecule has 0 radical (unpaired) electrons. The number of H-pyrrole nitrogens is 1. The van der Waals surface area contributed by atoms with Gasteiger partial charge in [0, 0.05) is 5.56 Å². The van der Waals surface area contributed by atoms with Crippen molar-refractivity contribution in [3.63, 3.8) is 0 Å². The summed E-state index contributed by atoms with van der Waals surface area (Å²) in [5, 5.41) is 9.88. The Hall–Kier alpha value is -2.30. The first-order valence-electron chi connectivity index (χ1n) is 7.10.